The van der Waals surface area contributed by atoms with Crippen LogP contribution >= 0.6 is 11.3 Å². The fourth-order valence-corrected chi connectivity index (χ4v) is 4.78. The molecular weight excluding hydrogens is 354 g/mol. The lowest BCUT2D eigenvalue weighted by atomic mass is 9.98. The van der Waals surface area contributed by atoms with Crippen molar-refractivity contribution >= 4 is 26.5 Å². The van der Waals surface area contributed by atoms with Crippen LogP contribution in [0.5, 0.6) is 0 Å². The van der Waals surface area contributed by atoms with E-state index in [2.05, 4.69) is 34.0 Å². The maximum Gasteiger partial charge on any atom is 0.238 e. The highest BCUT2D eigenvalue weighted by atomic mass is 32.2. The summed E-state index contributed by atoms with van der Waals surface area (Å²) in [5, 5.41) is 9.21. The number of hydrogen-bond acceptors (Lipinski definition) is 5. The van der Waals surface area contributed by atoms with E-state index in [0.717, 1.165) is 17.0 Å². The Kier molecular flexibility index (Phi) is 5.45. The second-order valence-corrected chi connectivity index (χ2v) is 8.65. The number of nitrogens with zero attached hydrogens (tertiary/aromatic N) is 2. The number of aromatic nitrogens is 2. The highest BCUT2D eigenvalue weighted by Crippen LogP contribution is 2.24. The lowest BCUT2D eigenvalue weighted by Crippen LogP contribution is -2.14. The van der Waals surface area contributed by atoms with Gasteiger partial charge in [0, 0.05) is 6.42 Å². The summed E-state index contributed by atoms with van der Waals surface area (Å²) in [4.78, 5) is 0. The molecule has 5 nitrogen and oxygen atoms in total. The minimum absolute atomic E-state index is 0.0802. The summed E-state index contributed by atoms with van der Waals surface area (Å²) < 4.78 is 27.0. The van der Waals surface area contributed by atoms with Crippen molar-refractivity contribution in [3.05, 3.63) is 76.8 Å². The molecule has 0 bridgehead atoms. The summed E-state index contributed by atoms with van der Waals surface area (Å²) in [5.41, 5.74) is 1.96. The van der Waals surface area contributed by atoms with E-state index >= 15 is 0 Å². The van der Waals surface area contributed by atoms with Crippen molar-refractivity contribution in [2.24, 2.45) is 0 Å². The van der Waals surface area contributed by atoms with Gasteiger partial charge in [0.1, 0.15) is 5.01 Å². The second-order valence-electron chi connectivity index (χ2n) is 5.86. The molecule has 0 amide bonds. The first-order chi connectivity index (χ1) is 12.0. The molecule has 0 aliphatic carbocycles. The van der Waals surface area contributed by atoms with Crippen LogP contribution in [-0.4, -0.2) is 18.6 Å². The summed E-state index contributed by atoms with van der Waals surface area (Å²) in [6.45, 7) is 2.12. The topological polar surface area (TPSA) is 72.0 Å². The van der Waals surface area contributed by atoms with E-state index in [1.165, 1.54) is 16.9 Å². The number of nitrogens with one attached hydrogen (secondary N) is 1. The van der Waals surface area contributed by atoms with Gasteiger partial charge in [0.15, 0.2) is 0 Å². The SMILES string of the molecule is C[C@H](Cc1nnc(NS(=O)(=O)Cc2ccccc2)s1)c1ccccc1. The Balaban J connectivity index is 1.63. The molecule has 0 unspecified atom stereocenters. The van der Waals surface area contributed by atoms with E-state index < -0.39 is 10.0 Å². The fraction of sp³-hybridized carbons (Fsp3) is 0.222. The zero-order valence-corrected chi connectivity index (χ0v) is 15.4. The number of rotatable bonds is 7. The lowest BCUT2D eigenvalue weighted by molar-refractivity contribution is 0.600. The van der Waals surface area contributed by atoms with Crippen LogP contribution in [0, 0.1) is 0 Å². The van der Waals surface area contributed by atoms with Crippen molar-refractivity contribution in [2.75, 3.05) is 4.72 Å². The zero-order valence-electron chi connectivity index (χ0n) is 13.8. The smallest absolute Gasteiger partial charge is 0.238 e. The predicted molar refractivity (Wildman–Crippen MR) is 101 cm³/mol. The van der Waals surface area contributed by atoms with Crippen molar-refractivity contribution in [3.63, 3.8) is 0 Å². The van der Waals surface area contributed by atoms with E-state index in [4.69, 9.17) is 0 Å². The van der Waals surface area contributed by atoms with Gasteiger partial charge < -0.3 is 0 Å². The van der Waals surface area contributed by atoms with Crippen LogP contribution in [0.25, 0.3) is 0 Å². The molecule has 7 heteroatoms. The van der Waals surface area contributed by atoms with Gasteiger partial charge in [-0.3, -0.25) is 4.72 Å². The van der Waals surface area contributed by atoms with Crippen LogP contribution < -0.4 is 4.72 Å². The fourth-order valence-electron chi connectivity index (χ4n) is 2.50. The molecular formula is C18H19N3O2S2. The minimum atomic E-state index is -3.50. The summed E-state index contributed by atoms with van der Waals surface area (Å²) in [6.07, 6.45) is 0.724. The van der Waals surface area contributed by atoms with Crippen LogP contribution in [0.2, 0.25) is 0 Å². The Bertz CT molecular complexity index is 910. The van der Waals surface area contributed by atoms with Gasteiger partial charge in [-0.05, 0) is 17.0 Å². The monoisotopic (exact) mass is 373 g/mol. The maximum absolute atomic E-state index is 12.3. The maximum atomic E-state index is 12.3. The molecule has 0 aliphatic rings. The van der Waals surface area contributed by atoms with E-state index in [0.29, 0.717) is 11.0 Å². The molecule has 1 atom stereocenters. The van der Waals surface area contributed by atoms with Gasteiger partial charge in [0.05, 0.1) is 5.75 Å². The Morgan fingerprint density at radius 1 is 1.00 bits per heavy atom. The first kappa shape index (κ1) is 17.6. The highest BCUT2D eigenvalue weighted by molar-refractivity contribution is 7.92. The predicted octanol–water partition coefficient (Wildman–Crippen LogP) is 3.83. The van der Waals surface area contributed by atoms with Gasteiger partial charge in [-0.1, -0.05) is 78.9 Å². The third-order valence-corrected chi connectivity index (χ3v) is 5.97. The van der Waals surface area contributed by atoms with Crippen LogP contribution in [0.1, 0.15) is 29.0 Å². The average Bonchev–Trinajstić information content (AvgIpc) is 3.02. The normalized spacial score (nSPS) is 12.7. The second kappa shape index (κ2) is 7.76. The Morgan fingerprint density at radius 2 is 1.64 bits per heavy atom. The summed E-state index contributed by atoms with van der Waals surface area (Å²) in [5.74, 6) is 0.214. The Morgan fingerprint density at radius 3 is 2.32 bits per heavy atom. The van der Waals surface area contributed by atoms with Crippen LogP contribution in [0.3, 0.4) is 0 Å². The summed E-state index contributed by atoms with van der Waals surface area (Å²) >= 11 is 1.28. The van der Waals surface area contributed by atoms with Crippen molar-refractivity contribution < 1.29 is 8.42 Å². The first-order valence-corrected chi connectivity index (χ1v) is 10.4. The molecule has 3 aromatic rings. The van der Waals surface area contributed by atoms with Gasteiger partial charge in [0.2, 0.25) is 15.2 Å². The van der Waals surface area contributed by atoms with E-state index in [9.17, 15) is 8.42 Å². The lowest BCUT2D eigenvalue weighted by Gasteiger charge is -2.08. The molecule has 3 rings (SSSR count). The third kappa shape index (κ3) is 5.11. The third-order valence-electron chi connectivity index (χ3n) is 3.76. The Labute approximate surface area is 151 Å². The molecule has 0 aliphatic heterocycles. The van der Waals surface area contributed by atoms with Crippen LogP contribution in [0.4, 0.5) is 5.13 Å². The summed E-state index contributed by atoms with van der Waals surface area (Å²) in [6, 6.07) is 19.2. The molecule has 25 heavy (non-hydrogen) atoms. The standard InChI is InChI=1S/C18H19N3O2S2/c1-14(16-10-6-3-7-11-16)12-17-19-20-18(24-17)21-25(22,23)13-15-8-4-2-5-9-15/h2-11,14H,12-13H2,1H3,(H,20,21)/t14-/m1/s1. The molecule has 0 spiro atoms. The van der Waals surface area contributed by atoms with Crippen LogP contribution in [0.15, 0.2) is 60.7 Å². The van der Waals surface area contributed by atoms with Crippen LogP contribution in [-0.2, 0) is 22.2 Å². The Hall–Kier alpha value is -2.25. The van der Waals surface area contributed by atoms with Gasteiger partial charge in [0.25, 0.3) is 0 Å². The molecule has 130 valence electrons. The quantitative estimate of drug-likeness (QED) is 0.683. The molecule has 1 aromatic heterocycles. The zero-order chi connectivity index (χ0) is 17.7. The van der Waals surface area contributed by atoms with Crippen molar-refractivity contribution in [3.8, 4) is 0 Å². The van der Waals surface area contributed by atoms with Gasteiger partial charge in [-0.2, -0.15) is 0 Å². The van der Waals surface area contributed by atoms with E-state index in [1.54, 1.807) is 12.1 Å². The van der Waals surface area contributed by atoms with Crippen molar-refractivity contribution in [1.82, 2.24) is 10.2 Å². The van der Waals surface area contributed by atoms with Gasteiger partial charge in [-0.15, -0.1) is 10.2 Å². The molecule has 0 fully saturated rings. The molecule has 0 radical (unpaired) electrons. The summed E-state index contributed by atoms with van der Waals surface area (Å²) in [7, 11) is -3.50. The number of sulfonamides is 1. The molecule has 1 heterocycles. The van der Waals surface area contributed by atoms with E-state index in [1.807, 2.05) is 36.4 Å². The number of hydrogen-bond donors (Lipinski definition) is 1. The number of benzene rings is 2. The van der Waals surface area contributed by atoms with Gasteiger partial charge >= 0.3 is 0 Å². The molecule has 0 saturated carbocycles. The molecule has 1 N–H and O–H groups in total. The van der Waals surface area contributed by atoms with E-state index in [-0.39, 0.29) is 5.75 Å². The first-order valence-electron chi connectivity index (χ1n) is 7.93. The molecule has 2 aromatic carbocycles. The molecule has 0 saturated heterocycles. The minimum Gasteiger partial charge on any atom is -0.257 e. The van der Waals surface area contributed by atoms with Crippen molar-refractivity contribution in [1.29, 1.82) is 0 Å². The van der Waals surface area contributed by atoms with Crippen molar-refractivity contribution in [2.45, 2.75) is 25.0 Å². The largest absolute Gasteiger partial charge is 0.257 e. The highest BCUT2D eigenvalue weighted by Gasteiger charge is 2.16. The average molecular weight is 374 g/mol. The van der Waals surface area contributed by atoms with Gasteiger partial charge in [-0.25, -0.2) is 8.42 Å². The number of anilines is 1.